The molecule has 0 radical (unpaired) electrons. The van der Waals surface area contributed by atoms with Crippen molar-refractivity contribution >= 4 is 13.7 Å². The van der Waals surface area contributed by atoms with Gasteiger partial charge in [0.05, 0.1) is 39.9 Å². The van der Waals surface area contributed by atoms with Gasteiger partial charge in [0, 0.05) is 6.42 Å². The van der Waals surface area contributed by atoms with Crippen molar-refractivity contribution in [2.75, 3.05) is 40.9 Å². The Morgan fingerprint density at radius 3 is 1.06 bits per heavy atom. The number of allylic oxidation sites excluding steroid dienone is 11. The summed E-state index contributed by atoms with van der Waals surface area (Å²) in [5.74, 6) is -0.192. The Kier molecular flexibility index (Phi) is 63.8. The molecule has 0 aromatic rings. The first-order valence-corrected chi connectivity index (χ1v) is 37.8. The molecule has 84 heavy (non-hydrogen) atoms. The minimum atomic E-state index is -4.61. The minimum Gasteiger partial charge on any atom is -0.756 e. The molecule has 0 aliphatic carbocycles. The van der Waals surface area contributed by atoms with Gasteiger partial charge in [0.2, 0.25) is 5.91 Å². The van der Waals surface area contributed by atoms with Crippen LogP contribution in [0.25, 0.3) is 0 Å². The van der Waals surface area contributed by atoms with Crippen LogP contribution in [0.1, 0.15) is 348 Å². The van der Waals surface area contributed by atoms with Crippen LogP contribution in [0.4, 0.5) is 0 Å². The number of nitrogens with zero attached hydrogens (tertiary/aromatic N) is 1. The lowest BCUT2D eigenvalue weighted by Gasteiger charge is -2.29. The molecule has 0 rings (SSSR count). The summed E-state index contributed by atoms with van der Waals surface area (Å²) in [6.07, 6.45) is 91.7. The maximum atomic E-state index is 13.1. The Morgan fingerprint density at radius 1 is 0.429 bits per heavy atom. The van der Waals surface area contributed by atoms with Crippen LogP contribution in [0, 0.1) is 0 Å². The number of carbonyl (C=O) groups excluding carboxylic acids is 1. The number of unbranched alkanes of at least 4 members (excludes halogenated alkanes) is 44. The summed E-state index contributed by atoms with van der Waals surface area (Å²) < 4.78 is 23.5. The van der Waals surface area contributed by atoms with Gasteiger partial charge in [-0.1, -0.05) is 350 Å². The Morgan fingerprint density at radius 2 is 0.726 bits per heavy atom. The van der Waals surface area contributed by atoms with Gasteiger partial charge in [-0.2, -0.15) is 0 Å². The number of amides is 1. The first-order chi connectivity index (χ1) is 41.0. The number of quaternary nitrogens is 1. The zero-order valence-electron chi connectivity index (χ0n) is 56.4. The number of hydrogen-bond acceptors (Lipinski definition) is 6. The molecule has 0 aliphatic rings. The Hall–Kier alpha value is -2.06. The van der Waals surface area contributed by atoms with Gasteiger partial charge in [0.1, 0.15) is 13.2 Å². The standard InChI is InChI=1S/C75H141N2O6P/c1-6-8-10-12-14-16-18-20-22-24-26-28-30-32-34-35-36-37-38-39-40-41-43-45-47-49-51-53-55-57-59-61-63-65-67-69-75(79)76-73(72-83-84(80,81)82-71-70-77(3,4)5)74(78)68-66-64-62-60-58-56-54-52-50-48-46-44-42-33-31-29-27-25-23-21-19-17-15-13-11-9-7-2/h8,10,14,16,20,22,26,28,32,34,66,68,73-74,78H,6-7,9,11-13,15,17-19,21,23-25,27,29-31,33,35-65,67,69-72H2,1-5H3,(H-,76,79,80,81)/b10-8-,16-14-,22-20-,28-26-,34-32-,68-66+. The lowest BCUT2D eigenvalue weighted by atomic mass is 10.0. The monoisotopic (exact) mass is 1200 g/mol. The van der Waals surface area contributed by atoms with Crippen molar-refractivity contribution in [1.82, 2.24) is 5.32 Å². The largest absolute Gasteiger partial charge is 0.756 e. The van der Waals surface area contributed by atoms with E-state index in [-0.39, 0.29) is 19.1 Å². The summed E-state index contributed by atoms with van der Waals surface area (Å²) in [5, 5.41) is 14.0. The second-order valence-electron chi connectivity index (χ2n) is 25.9. The predicted molar refractivity (Wildman–Crippen MR) is 367 cm³/mol. The van der Waals surface area contributed by atoms with Gasteiger partial charge >= 0.3 is 0 Å². The molecule has 2 N–H and O–H groups in total. The highest BCUT2D eigenvalue weighted by Gasteiger charge is 2.23. The van der Waals surface area contributed by atoms with Crippen molar-refractivity contribution in [1.29, 1.82) is 0 Å². The number of carbonyl (C=O) groups is 1. The smallest absolute Gasteiger partial charge is 0.268 e. The molecule has 0 heterocycles. The maximum absolute atomic E-state index is 13.1. The van der Waals surface area contributed by atoms with Crippen LogP contribution in [0.15, 0.2) is 72.9 Å². The summed E-state index contributed by atoms with van der Waals surface area (Å²) in [7, 11) is 1.27. The molecule has 0 aromatic carbocycles. The van der Waals surface area contributed by atoms with Crippen LogP contribution in [-0.4, -0.2) is 68.5 Å². The van der Waals surface area contributed by atoms with E-state index in [9.17, 15) is 19.4 Å². The molecular formula is C75H141N2O6P. The van der Waals surface area contributed by atoms with E-state index >= 15 is 0 Å². The number of rotatable bonds is 67. The van der Waals surface area contributed by atoms with Crippen molar-refractivity contribution < 1.29 is 32.9 Å². The molecule has 0 fully saturated rings. The lowest BCUT2D eigenvalue weighted by molar-refractivity contribution is -0.870. The van der Waals surface area contributed by atoms with E-state index < -0.39 is 20.0 Å². The topological polar surface area (TPSA) is 108 Å². The van der Waals surface area contributed by atoms with E-state index in [2.05, 4.69) is 79.9 Å². The van der Waals surface area contributed by atoms with Crippen molar-refractivity contribution in [2.45, 2.75) is 360 Å². The van der Waals surface area contributed by atoms with Crippen molar-refractivity contribution in [2.24, 2.45) is 0 Å². The van der Waals surface area contributed by atoms with Gasteiger partial charge < -0.3 is 28.8 Å². The third-order valence-corrected chi connectivity index (χ3v) is 17.4. The average molecular weight is 1200 g/mol. The second kappa shape index (κ2) is 65.4. The summed E-state index contributed by atoms with van der Waals surface area (Å²) in [4.78, 5) is 25.7. The van der Waals surface area contributed by atoms with E-state index in [1.54, 1.807) is 6.08 Å². The van der Waals surface area contributed by atoms with Crippen molar-refractivity contribution in [3.8, 4) is 0 Å². The first-order valence-electron chi connectivity index (χ1n) is 36.3. The van der Waals surface area contributed by atoms with Gasteiger partial charge in [-0.05, 0) is 64.2 Å². The number of phosphoric acid groups is 1. The summed E-state index contributed by atoms with van der Waals surface area (Å²) >= 11 is 0. The van der Waals surface area contributed by atoms with Crippen LogP contribution in [0.2, 0.25) is 0 Å². The van der Waals surface area contributed by atoms with E-state index in [1.807, 2.05) is 27.2 Å². The Labute approximate surface area is 523 Å². The molecule has 0 aliphatic heterocycles. The third-order valence-electron chi connectivity index (χ3n) is 16.4. The second-order valence-corrected chi connectivity index (χ2v) is 27.3. The van der Waals surface area contributed by atoms with Gasteiger partial charge in [-0.15, -0.1) is 0 Å². The number of hydrogen-bond donors (Lipinski definition) is 2. The highest BCUT2D eigenvalue weighted by atomic mass is 31.2. The average Bonchev–Trinajstić information content (AvgIpc) is 3.56. The molecule has 8 nitrogen and oxygen atoms in total. The SMILES string of the molecule is CC/C=C\C/C=C\C/C=C\C/C=C\C/C=C\CCCCCCCCCCCCCCCCCCCCCC(=O)NC(COP(=O)([O-])OCC[N+](C)(C)C)C(O)/C=C/CCCCCCCCCCCCCCCCCCCCCCCCCCC. The van der Waals surface area contributed by atoms with E-state index in [0.29, 0.717) is 17.4 Å². The van der Waals surface area contributed by atoms with Crippen molar-refractivity contribution in [3.05, 3.63) is 72.9 Å². The highest BCUT2D eigenvalue weighted by Crippen LogP contribution is 2.38. The molecule has 0 aromatic heterocycles. The number of phosphoric ester groups is 1. The van der Waals surface area contributed by atoms with E-state index in [0.717, 1.165) is 70.6 Å². The van der Waals surface area contributed by atoms with E-state index in [4.69, 9.17) is 9.05 Å². The fourth-order valence-corrected chi connectivity index (χ4v) is 11.6. The van der Waals surface area contributed by atoms with E-state index in [1.165, 1.54) is 257 Å². The molecule has 0 saturated heterocycles. The molecule has 0 spiro atoms. The normalized spacial score (nSPS) is 14.0. The molecule has 492 valence electrons. The number of likely N-dealkylation sites (N-methyl/N-ethyl adjacent to an activating group) is 1. The van der Waals surface area contributed by atoms with Crippen molar-refractivity contribution in [3.63, 3.8) is 0 Å². The quantitative estimate of drug-likeness (QED) is 0.0272. The molecule has 0 saturated carbocycles. The predicted octanol–water partition coefficient (Wildman–Crippen LogP) is 22.7. The van der Waals surface area contributed by atoms with Gasteiger partial charge in [-0.3, -0.25) is 9.36 Å². The molecule has 9 heteroatoms. The first kappa shape index (κ1) is 81.9. The van der Waals surface area contributed by atoms with Crippen LogP contribution in [0.5, 0.6) is 0 Å². The highest BCUT2D eigenvalue weighted by molar-refractivity contribution is 7.45. The Balaban J connectivity index is 4.02. The molecule has 1 amide bonds. The third kappa shape index (κ3) is 67.4. The van der Waals surface area contributed by atoms with Gasteiger partial charge in [0.25, 0.3) is 7.82 Å². The minimum absolute atomic E-state index is 0.000816. The van der Waals surface area contributed by atoms with Gasteiger partial charge in [-0.25, -0.2) is 0 Å². The Bertz CT molecular complexity index is 1600. The summed E-state index contributed by atoms with van der Waals surface area (Å²) in [6.45, 7) is 4.58. The lowest BCUT2D eigenvalue weighted by Crippen LogP contribution is -2.45. The maximum Gasteiger partial charge on any atom is 0.268 e. The van der Waals surface area contributed by atoms with Crippen LogP contribution >= 0.6 is 7.82 Å². The number of aliphatic hydroxyl groups is 1. The summed E-state index contributed by atoms with van der Waals surface area (Å²) in [5.41, 5.74) is 0. The van der Waals surface area contributed by atoms with Gasteiger partial charge in [0.15, 0.2) is 0 Å². The van der Waals surface area contributed by atoms with Crippen LogP contribution in [0.3, 0.4) is 0 Å². The molecular weight excluding hydrogens is 1060 g/mol. The number of aliphatic hydroxyl groups excluding tert-OH is 1. The molecule has 3 atom stereocenters. The van der Waals surface area contributed by atoms with Crippen LogP contribution < -0.4 is 10.2 Å². The molecule has 3 unspecified atom stereocenters. The molecule has 0 bridgehead atoms. The van der Waals surface area contributed by atoms with Crippen LogP contribution in [-0.2, 0) is 18.4 Å². The fraction of sp³-hybridized carbons (Fsp3) is 0.827. The zero-order chi connectivity index (χ0) is 61.2. The summed E-state index contributed by atoms with van der Waals surface area (Å²) in [6, 6.07) is -0.889. The number of nitrogens with one attached hydrogen (secondary N) is 1. The fourth-order valence-electron chi connectivity index (χ4n) is 10.8. The zero-order valence-corrected chi connectivity index (χ0v) is 57.3.